The minimum Gasteiger partial charge on any atom is -0.350 e. The van der Waals surface area contributed by atoms with Gasteiger partial charge in [-0.1, -0.05) is 38.1 Å². The van der Waals surface area contributed by atoms with Crippen molar-refractivity contribution in [2.75, 3.05) is 0 Å². The van der Waals surface area contributed by atoms with Crippen molar-refractivity contribution in [1.82, 2.24) is 5.43 Å². The molecule has 0 bridgehead atoms. The van der Waals surface area contributed by atoms with Crippen molar-refractivity contribution in [2.45, 2.75) is 20.3 Å². The summed E-state index contributed by atoms with van der Waals surface area (Å²) in [5, 5.41) is 3.68. The van der Waals surface area contributed by atoms with Gasteiger partial charge in [0.05, 0.1) is 6.21 Å². The van der Waals surface area contributed by atoms with Crippen molar-refractivity contribution >= 4 is 12.2 Å². The summed E-state index contributed by atoms with van der Waals surface area (Å²) in [7, 11) is 0. The number of primary amides is 1. The van der Waals surface area contributed by atoms with Gasteiger partial charge in [-0.05, 0) is 23.5 Å². The van der Waals surface area contributed by atoms with Crippen LogP contribution in [0.3, 0.4) is 0 Å². The molecule has 1 aromatic carbocycles. The predicted molar refractivity (Wildman–Crippen MR) is 65.3 cm³/mol. The lowest BCUT2D eigenvalue weighted by Crippen LogP contribution is -2.24. The molecule has 4 nitrogen and oxygen atoms in total. The average molecular weight is 219 g/mol. The summed E-state index contributed by atoms with van der Waals surface area (Å²) in [6, 6.07) is 7.39. The van der Waals surface area contributed by atoms with E-state index < -0.39 is 6.03 Å². The van der Waals surface area contributed by atoms with Crippen LogP contribution in [0.4, 0.5) is 4.79 Å². The molecule has 0 unspecified atom stereocenters. The number of rotatable bonds is 4. The Bertz CT molecular complexity index is 368. The van der Waals surface area contributed by atoms with Crippen molar-refractivity contribution in [3.8, 4) is 0 Å². The predicted octanol–water partition coefficient (Wildman–Crippen LogP) is 1.89. The van der Waals surface area contributed by atoms with E-state index in [-0.39, 0.29) is 0 Å². The molecule has 0 atom stereocenters. The smallest absolute Gasteiger partial charge is 0.332 e. The van der Waals surface area contributed by atoms with Crippen LogP contribution in [0.2, 0.25) is 0 Å². The molecule has 0 saturated carbocycles. The highest BCUT2D eigenvalue weighted by atomic mass is 16.2. The number of amides is 2. The van der Waals surface area contributed by atoms with Crippen LogP contribution in [-0.2, 0) is 6.42 Å². The summed E-state index contributed by atoms with van der Waals surface area (Å²) in [6.45, 7) is 4.37. The van der Waals surface area contributed by atoms with Crippen LogP contribution >= 0.6 is 0 Å². The van der Waals surface area contributed by atoms with E-state index in [1.165, 1.54) is 5.56 Å². The number of nitrogens with zero attached hydrogens (tertiary/aromatic N) is 1. The van der Waals surface area contributed by atoms with Gasteiger partial charge in [0.1, 0.15) is 0 Å². The highest BCUT2D eigenvalue weighted by Gasteiger charge is 1.97. The molecule has 1 rings (SSSR count). The summed E-state index contributed by atoms with van der Waals surface area (Å²) in [5.74, 6) is 0.649. The maximum atomic E-state index is 10.4. The SMILES string of the molecule is CC(C)Cc1ccc(C=NNC(N)=O)cc1. The summed E-state index contributed by atoms with van der Waals surface area (Å²) in [6.07, 6.45) is 2.63. The van der Waals surface area contributed by atoms with Gasteiger partial charge < -0.3 is 5.73 Å². The normalized spacial score (nSPS) is 10.9. The topological polar surface area (TPSA) is 67.5 Å². The molecule has 2 amide bonds. The van der Waals surface area contributed by atoms with E-state index in [1.807, 2.05) is 12.1 Å². The van der Waals surface area contributed by atoms with E-state index in [9.17, 15) is 4.79 Å². The largest absolute Gasteiger partial charge is 0.350 e. The van der Waals surface area contributed by atoms with Crippen LogP contribution in [0, 0.1) is 5.92 Å². The molecule has 86 valence electrons. The van der Waals surface area contributed by atoms with Gasteiger partial charge in [0, 0.05) is 0 Å². The van der Waals surface area contributed by atoms with Crippen LogP contribution < -0.4 is 11.2 Å². The molecule has 16 heavy (non-hydrogen) atoms. The molecule has 0 aromatic heterocycles. The molecule has 0 aliphatic rings. The van der Waals surface area contributed by atoms with E-state index in [1.54, 1.807) is 6.21 Å². The summed E-state index contributed by atoms with van der Waals surface area (Å²) < 4.78 is 0. The van der Waals surface area contributed by atoms with Crippen LogP contribution in [-0.4, -0.2) is 12.2 Å². The Morgan fingerprint density at radius 2 is 2.06 bits per heavy atom. The monoisotopic (exact) mass is 219 g/mol. The standard InChI is InChI=1S/C12H17N3O/c1-9(2)7-10-3-5-11(6-4-10)8-14-15-12(13)16/h3-6,8-9H,7H2,1-2H3,(H3,13,15,16). The van der Waals surface area contributed by atoms with Gasteiger partial charge in [0.15, 0.2) is 0 Å². The third-order valence-corrected chi connectivity index (χ3v) is 2.01. The second-order valence-electron chi connectivity index (χ2n) is 4.07. The fourth-order valence-corrected chi connectivity index (χ4v) is 1.38. The molecule has 0 fully saturated rings. The molecule has 4 heteroatoms. The van der Waals surface area contributed by atoms with Crippen molar-refractivity contribution in [1.29, 1.82) is 0 Å². The quantitative estimate of drug-likeness (QED) is 0.589. The Kier molecular flexibility index (Phi) is 4.51. The van der Waals surface area contributed by atoms with Crippen molar-refractivity contribution in [3.63, 3.8) is 0 Å². The maximum absolute atomic E-state index is 10.4. The van der Waals surface area contributed by atoms with Gasteiger partial charge in [-0.2, -0.15) is 5.10 Å². The molecule has 1 aromatic rings. The second-order valence-corrected chi connectivity index (χ2v) is 4.07. The fraction of sp³-hybridized carbons (Fsp3) is 0.333. The van der Waals surface area contributed by atoms with E-state index in [2.05, 4.69) is 36.5 Å². The van der Waals surface area contributed by atoms with E-state index in [0.29, 0.717) is 5.92 Å². The molecule has 0 spiro atoms. The molecule has 0 aliphatic heterocycles. The Balaban J connectivity index is 2.57. The summed E-state index contributed by atoms with van der Waals surface area (Å²) in [4.78, 5) is 10.4. The van der Waals surface area contributed by atoms with Crippen molar-refractivity contribution < 1.29 is 4.79 Å². The zero-order chi connectivity index (χ0) is 12.0. The first kappa shape index (κ1) is 12.2. The summed E-state index contributed by atoms with van der Waals surface area (Å²) >= 11 is 0. The molecule has 0 radical (unpaired) electrons. The Morgan fingerprint density at radius 3 is 2.56 bits per heavy atom. The molecular weight excluding hydrogens is 202 g/mol. The highest BCUT2D eigenvalue weighted by Crippen LogP contribution is 2.08. The number of benzene rings is 1. The lowest BCUT2D eigenvalue weighted by molar-refractivity contribution is 0.249. The lowest BCUT2D eigenvalue weighted by Gasteiger charge is -2.04. The van der Waals surface area contributed by atoms with Gasteiger partial charge in [-0.15, -0.1) is 0 Å². The van der Waals surface area contributed by atoms with E-state index in [4.69, 9.17) is 5.73 Å². The zero-order valence-corrected chi connectivity index (χ0v) is 9.60. The number of urea groups is 1. The minimum absolute atomic E-state index is 0.649. The molecule has 0 aliphatic carbocycles. The van der Waals surface area contributed by atoms with Gasteiger partial charge in [0.25, 0.3) is 0 Å². The van der Waals surface area contributed by atoms with E-state index in [0.717, 1.165) is 12.0 Å². The van der Waals surface area contributed by atoms with Crippen molar-refractivity contribution in [2.24, 2.45) is 16.8 Å². The number of carbonyl (C=O) groups excluding carboxylic acids is 1. The number of hydrazone groups is 1. The highest BCUT2D eigenvalue weighted by molar-refractivity contribution is 5.81. The number of nitrogens with two attached hydrogens (primary N) is 1. The minimum atomic E-state index is -0.660. The Hall–Kier alpha value is -1.84. The average Bonchev–Trinajstić information content (AvgIpc) is 2.19. The molecule has 3 N–H and O–H groups in total. The summed E-state index contributed by atoms with van der Waals surface area (Å²) in [5.41, 5.74) is 9.25. The lowest BCUT2D eigenvalue weighted by atomic mass is 10.0. The zero-order valence-electron chi connectivity index (χ0n) is 9.60. The third kappa shape index (κ3) is 4.59. The third-order valence-electron chi connectivity index (χ3n) is 2.01. The molecular formula is C12H17N3O. The van der Waals surface area contributed by atoms with Gasteiger partial charge >= 0.3 is 6.03 Å². The first-order valence-corrected chi connectivity index (χ1v) is 5.25. The Morgan fingerprint density at radius 1 is 1.44 bits per heavy atom. The molecule has 0 heterocycles. The first-order valence-electron chi connectivity index (χ1n) is 5.25. The number of carbonyl (C=O) groups is 1. The van der Waals surface area contributed by atoms with Crippen LogP contribution in [0.25, 0.3) is 0 Å². The van der Waals surface area contributed by atoms with Crippen LogP contribution in [0.5, 0.6) is 0 Å². The first-order chi connectivity index (χ1) is 7.58. The molecule has 0 saturated heterocycles. The van der Waals surface area contributed by atoms with Gasteiger partial charge in [-0.25, -0.2) is 10.2 Å². The fourth-order valence-electron chi connectivity index (χ4n) is 1.38. The number of hydrogen-bond donors (Lipinski definition) is 2. The Labute approximate surface area is 95.5 Å². The van der Waals surface area contributed by atoms with Gasteiger partial charge in [0.2, 0.25) is 0 Å². The van der Waals surface area contributed by atoms with Gasteiger partial charge in [-0.3, -0.25) is 0 Å². The van der Waals surface area contributed by atoms with Crippen LogP contribution in [0.15, 0.2) is 29.4 Å². The van der Waals surface area contributed by atoms with E-state index >= 15 is 0 Å². The van der Waals surface area contributed by atoms with Crippen LogP contribution in [0.1, 0.15) is 25.0 Å². The number of hydrogen-bond acceptors (Lipinski definition) is 2. The number of nitrogens with one attached hydrogen (secondary N) is 1. The maximum Gasteiger partial charge on any atom is 0.332 e. The second kappa shape index (κ2) is 5.90. The van der Waals surface area contributed by atoms with Crippen molar-refractivity contribution in [3.05, 3.63) is 35.4 Å².